The van der Waals surface area contributed by atoms with Crippen LogP contribution in [-0.4, -0.2) is 53.4 Å². The molecule has 0 atom stereocenters. The summed E-state index contributed by atoms with van der Waals surface area (Å²) in [5, 5.41) is 3.14. The number of hydrogen-bond donors (Lipinski definition) is 1. The first-order valence-electron chi connectivity index (χ1n) is 8.15. The predicted octanol–water partition coefficient (Wildman–Crippen LogP) is 2.74. The Morgan fingerprint density at radius 3 is 2.50 bits per heavy atom. The van der Waals surface area contributed by atoms with E-state index < -0.39 is 0 Å². The number of pyridine rings is 1. The molecule has 1 fully saturated rings. The van der Waals surface area contributed by atoms with Gasteiger partial charge in [-0.25, -0.2) is 4.39 Å². The van der Waals surface area contributed by atoms with Gasteiger partial charge in [-0.2, -0.15) is 0 Å². The summed E-state index contributed by atoms with van der Waals surface area (Å²) >= 11 is 0. The molecule has 0 spiro atoms. The minimum absolute atomic E-state index is 0.000934. The minimum Gasteiger partial charge on any atom is -0.354 e. The number of halogens is 1. The van der Waals surface area contributed by atoms with Gasteiger partial charge in [0.15, 0.2) is 0 Å². The van der Waals surface area contributed by atoms with Crippen LogP contribution in [0.5, 0.6) is 0 Å². The average molecular weight is 328 g/mol. The summed E-state index contributed by atoms with van der Waals surface area (Å²) in [5.41, 5.74) is 2.02. The number of nitrogens with one attached hydrogen (secondary N) is 1. The van der Waals surface area contributed by atoms with Gasteiger partial charge in [-0.1, -0.05) is 6.92 Å². The lowest BCUT2D eigenvalue weighted by atomic mass is 10.2. The zero-order chi connectivity index (χ0) is 16.9. The van der Waals surface area contributed by atoms with Gasteiger partial charge in [0.25, 0.3) is 5.91 Å². The van der Waals surface area contributed by atoms with Crippen LogP contribution in [0.4, 0.5) is 15.8 Å². The SMILES string of the molecule is CCN1CCN(C(=O)c2cncc(Nc3ccc(F)cc3)c2)CC1. The predicted molar refractivity (Wildman–Crippen MR) is 91.9 cm³/mol. The minimum atomic E-state index is -0.283. The number of aromatic nitrogens is 1. The van der Waals surface area contributed by atoms with E-state index in [1.165, 1.54) is 12.1 Å². The molecule has 3 rings (SSSR count). The standard InChI is InChI=1S/C18H21FN4O/c1-2-22-7-9-23(10-8-22)18(24)14-11-17(13-20-12-14)21-16-5-3-15(19)4-6-16/h3-6,11-13,21H,2,7-10H2,1H3. The zero-order valence-electron chi connectivity index (χ0n) is 13.7. The Kier molecular flexibility index (Phi) is 5.05. The normalized spacial score (nSPS) is 15.3. The summed E-state index contributed by atoms with van der Waals surface area (Å²) in [5.74, 6) is -0.283. The Labute approximate surface area is 141 Å². The Morgan fingerprint density at radius 1 is 1.12 bits per heavy atom. The number of carbonyl (C=O) groups excluding carboxylic acids is 1. The van der Waals surface area contributed by atoms with E-state index in [2.05, 4.69) is 22.1 Å². The second kappa shape index (κ2) is 7.40. The molecule has 0 saturated carbocycles. The van der Waals surface area contributed by atoms with Crippen molar-refractivity contribution in [1.82, 2.24) is 14.8 Å². The summed E-state index contributed by atoms with van der Waals surface area (Å²) in [6, 6.07) is 7.85. The molecule has 24 heavy (non-hydrogen) atoms. The molecule has 1 aliphatic heterocycles. The van der Waals surface area contributed by atoms with Crippen molar-refractivity contribution in [1.29, 1.82) is 0 Å². The quantitative estimate of drug-likeness (QED) is 0.937. The van der Waals surface area contributed by atoms with Crippen molar-refractivity contribution >= 4 is 17.3 Å². The highest BCUT2D eigenvalue weighted by Gasteiger charge is 2.21. The van der Waals surface area contributed by atoms with Crippen LogP contribution in [0.3, 0.4) is 0 Å². The van der Waals surface area contributed by atoms with Crippen molar-refractivity contribution in [2.75, 3.05) is 38.0 Å². The molecule has 5 nitrogen and oxygen atoms in total. The first-order valence-corrected chi connectivity index (χ1v) is 8.15. The Morgan fingerprint density at radius 2 is 1.83 bits per heavy atom. The van der Waals surface area contributed by atoms with Gasteiger partial charge in [-0.05, 0) is 36.9 Å². The molecule has 1 aromatic heterocycles. The molecule has 6 heteroatoms. The molecular formula is C18H21FN4O. The molecular weight excluding hydrogens is 307 g/mol. The lowest BCUT2D eigenvalue weighted by molar-refractivity contribution is 0.0643. The Balaban J connectivity index is 1.68. The molecule has 1 aromatic carbocycles. The van der Waals surface area contributed by atoms with Crippen LogP contribution in [0.25, 0.3) is 0 Å². The maximum Gasteiger partial charge on any atom is 0.255 e. The van der Waals surface area contributed by atoms with Crippen LogP contribution in [-0.2, 0) is 0 Å². The fourth-order valence-corrected chi connectivity index (χ4v) is 2.77. The topological polar surface area (TPSA) is 48.5 Å². The van der Waals surface area contributed by atoms with Gasteiger partial charge in [0.05, 0.1) is 17.4 Å². The smallest absolute Gasteiger partial charge is 0.255 e. The Hall–Kier alpha value is -2.47. The fraction of sp³-hybridized carbons (Fsp3) is 0.333. The largest absolute Gasteiger partial charge is 0.354 e. The van der Waals surface area contributed by atoms with Crippen molar-refractivity contribution in [3.63, 3.8) is 0 Å². The van der Waals surface area contributed by atoms with Crippen molar-refractivity contribution < 1.29 is 9.18 Å². The summed E-state index contributed by atoms with van der Waals surface area (Å²) in [4.78, 5) is 21.0. The molecule has 0 radical (unpaired) electrons. The first-order chi connectivity index (χ1) is 11.7. The molecule has 0 aliphatic carbocycles. The van der Waals surface area contributed by atoms with Crippen molar-refractivity contribution in [3.8, 4) is 0 Å². The third-order valence-electron chi connectivity index (χ3n) is 4.22. The Bertz CT molecular complexity index is 696. The number of likely N-dealkylation sites (N-methyl/N-ethyl adjacent to an activating group) is 1. The van der Waals surface area contributed by atoms with Crippen molar-refractivity contribution in [3.05, 3.63) is 54.1 Å². The summed E-state index contributed by atoms with van der Waals surface area (Å²) < 4.78 is 13.0. The lowest BCUT2D eigenvalue weighted by Gasteiger charge is -2.34. The summed E-state index contributed by atoms with van der Waals surface area (Å²) in [6.07, 6.45) is 3.24. The van der Waals surface area contributed by atoms with Gasteiger partial charge < -0.3 is 15.1 Å². The van der Waals surface area contributed by atoms with Crippen LogP contribution >= 0.6 is 0 Å². The maximum absolute atomic E-state index is 13.0. The van der Waals surface area contributed by atoms with Crippen LogP contribution < -0.4 is 5.32 Å². The van der Waals surface area contributed by atoms with Crippen molar-refractivity contribution in [2.24, 2.45) is 0 Å². The van der Waals surface area contributed by atoms with Gasteiger partial charge in [-0.15, -0.1) is 0 Å². The number of amides is 1. The monoisotopic (exact) mass is 328 g/mol. The molecule has 1 amide bonds. The second-order valence-electron chi connectivity index (χ2n) is 5.82. The summed E-state index contributed by atoms with van der Waals surface area (Å²) in [6.45, 7) is 6.43. The number of carbonyl (C=O) groups is 1. The fourth-order valence-electron chi connectivity index (χ4n) is 2.77. The molecule has 1 aliphatic rings. The first kappa shape index (κ1) is 16.4. The van der Waals surface area contributed by atoms with E-state index >= 15 is 0 Å². The third-order valence-corrected chi connectivity index (χ3v) is 4.22. The van der Waals surface area contributed by atoms with E-state index in [0.29, 0.717) is 11.3 Å². The molecule has 126 valence electrons. The highest BCUT2D eigenvalue weighted by Crippen LogP contribution is 2.18. The number of nitrogens with zero attached hydrogens (tertiary/aromatic N) is 3. The maximum atomic E-state index is 13.0. The molecule has 1 saturated heterocycles. The number of benzene rings is 1. The van der Waals surface area contributed by atoms with Gasteiger partial charge in [0.1, 0.15) is 5.82 Å². The van der Waals surface area contributed by atoms with Crippen LogP contribution in [0.1, 0.15) is 17.3 Å². The lowest BCUT2D eigenvalue weighted by Crippen LogP contribution is -2.48. The highest BCUT2D eigenvalue weighted by molar-refractivity contribution is 5.95. The highest BCUT2D eigenvalue weighted by atomic mass is 19.1. The van der Waals surface area contributed by atoms with Gasteiger partial charge in [-0.3, -0.25) is 9.78 Å². The van der Waals surface area contributed by atoms with E-state index in [1.54, 1.807) is 30.6 Å². The summed E-state index contributed by atoms with van der Waals surface area (Å²) in [7, 11) is 0. The third kappa shape index (κ3) is 3.89. The molecule has 2 aromatic rings. The number of rotatable bonds is 4. The van der Waals surface area contributed by atoms with Crippen molar-refractivity contribution in [2.45, 2.75) is 6.92 Å². The van der Waals surface area contributed by atoms with Crippen LogP contribution in [0.15, 0.2) is 42.7 Å². The van der Waals surface area contributed by atoms with Gasteiger partial charge in [0.2, 0.25) is 0 Å². The second-order valence-corrected chi connectivity index (χ2v) is 5.82. The van der Waals surface area contributed by atoms with E-state index in [-0.39, 0.29) is 11.7 Å². The van der Waals surface area contributed by atoms with E-state index in [0.717, 1.165) is 38.4 Å². The van der Waals surface area contributed by atoms with Gasteiger partial charge in [0, 0.05) is 38.1 Å². The van der Waals surface area contributed by atoms with E-state index in [1.807, 2.05) is 4.90 Å². The number of hydrogen-bond acceptors (Lipinski definition) is 4. The number of anilines is 2. The molecule has 2 heterocycles. The van der Waals surface area contributed by atoms with E-state index in [4.69, 9.17) is 0 Å². The molecule has 0 unspecified atom stereocenters. The average Bonchev–Trinajstić information content (AvgIpc) is 2.63. The molecule has 1 N–H and O–H groups in total. The van der Waals surface area contributed by atoms with Gasteiger partial charge >= 0.3 is 0 Å². The number of piperazine rings is 1. The van der Waals surface area contributed by atoms with Crippen LogP contribution in [0, 0.1) is 5.82 Å². The zero-order valence-corrected chi connectivity index (χ0v) is 13.7. The van der Waals surface area contributed by atoms with E-state index in [9.17, 15) is 9.18 Å². The van der Waals surface area contributed by atoms with Crippen LogP contribution in [0.2, 0.25) is 0 Å². The molecule has 0 bridgehead atoms.